The molecule has 0 aliphatic carbocycles. The molecule has 0 saturated carbocycles. The molecule has 2 aliphatic rings. The van der Waals surface area contributed by atoms with Gasteiger partial charge in [0.05, 0.1) is 0 Å². The van der Waals surface area contributed by atoms with Crippen molar-refractivity contribution < 1.29 is 9.47 Å². The van der Waals surface area contributed by atoms with E-state index in [9.17, 15) is 0 Å². The van der Waals surface area contributed by atoms with Crippen molar-refractivity contribution in [1.82, 2.24) is 0 Å². The Morgan fingerprint density at radius 3 is 1.39 bits per heavy atom. The maximum Gasteiger partial charge on any atom is 0.135 e. The summed E-state index contributed by atoms with van der Waals surface area (Å²) < 4.78 is 13.1. The minimum absolute atomic E-state index is 0.845. The second-order valence-electron chi connectivity index (χ2n) is 14.4. The van der Waals surface area contributed by atoms with Crippen LogP contribution in [0.2, 0.25) is 0 Å². The predicted molar refractivity (Wildman–Crippen MR) is 234 cm³/mol. The van der Waals surface area contributed by atoms with Crippen LogP contribution in [0, 0.1) is 0 Å². The highest BCUT2D eigenvalue weighted by Gasteiger charge is 2.25. The van der Waals surface area contributed by atoms with E-state index in [0.717, 1.165) is 95.7 Å². The molecule has 2 aliphatic heterocycles. The number of hydrogen-bond donors (Lipinski definition) is 0. The molecule has 0 bridgehead atoms. The average Bonchev–Trinajstić information content (AvgIpc) is 3.51. The van der Waals surface area contributed by atoms with Crippen molar-refractivity contribution in [3.05, 3.63) is 212 Å². The van der Waals surface area contributed by atoms with Crippen molar-refractivity contribution in [3.8, 4) is 89.8 Å². The first-order valence-electron chi connectivity index (χ1n) is 19.3. The Labute approximate surface area is 332 Å². The molecule has 268 valence electrons. The van der Waals surface area contributed by atoms with E-state index in [-0.39, 0.29) is 0 Å². The lowest BCUT2D eigenvalue weighted by Crippen LogP contribution is -2.10. The van der Waals surface area contributed by atoms with Crippen LogP contribution in [0.25, 0.3) is 66.8 Å². The minimum atomic E-state index is 0.845. The maximum atomic E-state index is 6.58. The molecule has 0 aromatic heterocycles. The van der Waals surface area contributed by atoms with Crippen molar-refractivity contribution in [2.75, 3.05) is 4.90 Å². The number of hydrogen-bond acceptors (Lipinski definition) is 3. The van der Waals surface area contributed by atoms with Crippen molar-refractivity contribution in [2.45, 2.75) is 0 Å². The number of anilines is 3. The molecule has 57 heavy (non-hydrogen) atoms. The summed E-state index contributed by atoms with van der Waals surface area (Å²) in [6.45, 7) is 0. The number of para-hydroxylation sites is 4. The first-order valence-corrected chi connectivity index (χ1v) is 19.3. The number of benzene rings is 9. The number of fused-ring (bicyclic) bond motifs is 10. The Bertz CT molecular complexity index is 2970. The van der Waals surface area contributed by atoms with E-state index in [1.165, 1.54) is 11.1 Å². The smallest absolute Gasteiger partial charge is 0.135 e. The summed E-state index contributed by atoms with van der Waals surface area (Å²) in [5.41, 5.74) is 16.7. The van der Waals surface area contributed by atoms with Crippen molar-refractivity contribution in [1.29, 1.82) is 0 Å². The van der Waals surface area contributed by atoms with Crippen LogP contribution in [0.15, 0.2) is 212 Å². The fraction of sp³-hybridized carbons (Fsp3) is 0. The van der Waals surface area contributed by atoms with Gasteiger partial charge in [-0.2, -0.15) is 0 Å². The molecule has 0 unspecified atom stereocenters. The number of ether oxygens (including phenoxy) is 2. The largest absolute Gasteiger partial charge is 0.456 e. The van der Waals surface area contributed by atoms with Crippen molar-refractivity contribution >= 4 is 17.1 Å². The van der Waals surface area contributed by atoms with Gasteiger partial charge in [-0.05, 0) is 99.6 Å². The summed E-state index contributed by atoms with van der Waals surface area (Å²) in [4.78, 5) is 2.37. The molecule has 0 atom stereocenters. The van der Waals surface area contributed by atoms with E-state index in [1.54, 1.807) is 0 Å². The van der Waals surface area contributed by atoms with Gasteiger partial charge in [0.1, 0.15) is 23.0 Å². The molecule has 0 N–H and O–H groups in total. The lowest BCUT2D eigenvalue weighted by atomic mass is 9.87. The van der Waals surface area contributed by atoms with Crippen LogP contribution < -0.4 is 14.4 Å². The van der Waals surface area contributed by atoms with Gasteiger partial charge in [-0.25, -0.2) is 0 Å². The van der Waals surface area contributed by atoms with Crippen LogP contribution in [0.5, 0.6) is 23.0 Å². The zero-order valence-corrected chi connectivity index (χ0v) is 31.0. The van der Waals surface area contributed by atoms with Crippen LogP contribution in [-0.4, -0.2) is 0 Å². The van der Waals surface area contributed by atoms with Gasteiger partial charge in [-0.1, -0.05) is 152 Å². The highest BCUT2D eigenvalue weighted by atomic mass is 16.5. The van der Waals surface area contributed by atoms with Gasteiger partial charge >= 0.3 is 0 Å². The Kier molecular flexibility index (Phi) is 7.82. The third-order valence-corrected chi connectivity index (χ3v) is 11.1. The zero-order valence-electron chi connectivity index (χ0n) is 31.0. The van der Waals surface area contributed by atoms with Gasteiger partial charge in [0.25, 0.3) is 0 Å². The van der Waals surface area contributed by atoms with Crippen molar-refractivity contribution in [3.63, 3.8) is 0 Å². The molecule has 9 aromatic rings. The topological polar surface area (TPSA) is 21.7 Å². The molecule has 3 heteroatoms. The normalized spacial score (nSPS) is 11.8. The van der Waals surface area contributed by atoms with Crippen LogP contribution in [0.3, 0.4) is 0 Å². The van der Waals surface area contributed by atoms with Gasteiger partial charge in [0.2, 0.25) is 0 Å². The highest BCUT2D eigenvalue weighted by Crippen LogP contribution is 2.52. The molecule has 2 heterocycles. The maximum absolute atomic E-state index is 6.58. The van der Waals surface area contributed by atoms with Crippen molar-refractivity contribution in [2.24, 2.45) is 0 Å². The Morgan fingerprint density at radius 2 is 0.702 bits per heavy atom. The van der Waals surface area contributed by atoms with E-state index in [2.05, 4.69) is 193 Å². The molecule has 3 nitrogen and oxygen atoms in total. The number of rotatable bonds is 5. The first-order chi connectivity index (χ1) is 28.3. The highest BCUT2D eigenvalue weighted by molar-refractivity contribution is 6.00. The average molecular weight is 730 g/mol. The standard InChI is InChI=1S/C54H35NO2/c1-2-14-36(15-3-1)37-28-30-39(31-29-37)55(41-32-33-43-44-18-4-8-24-50(44)56-52-26-10-6-20-46(52)49(43)35-41)40-17-12-16-38(34-40)42-22-13-23-47-45-19-5-9-25-51(45)57-53-27-11-7-21-48(53)54(42)47/h1-35H. The molecule has 0 amide bonds. The molecule has 9 aromatic carbocycles. The third kappa shape index (κ3) is 5.68. The summed E-state index contributed by atoms with van der Waals surface area (Å²) in [6.07, 6.45) is 0. The summed E-state index contributed by atoms with van der Waals surface area (Å²) >= 11 is 0. The second kappa shape index (κ2) is 13.6. The predicted octanol–water partition coefficient (Wildman–Crippen LogP) is 15.4. The van der Waals surface area contributed by atoms with Crippen LogP contribution in [0.1, 0.15) is 0 Å². The summed E-state index contributed by atoms with van der Waals surface area (Å²) in [5, 5.41) is 0. The monoisotopic (exact) mass is 729 g/mol. The fourth-order valence-electron chi connectivity index (χ4n) is 8.46. The summed E-state index contributed by atoms with van der Waals surface area (Å²) in [6, 6.07) is 75.1. The van der Waals surface area contributed by atoms with Gasteiger partial charge < -0.3 is 14.4 Å². The summed E-state index contributed by atoms with van der Waals surface area (Å²) in [5.74, 6) is 3.41. The summed E-state index contributed by atoms with van der Waals surface area (Å²) in [7, 11) is 0. The van der Waals surface area contributed by atoms with E-state index >= 15 is 0 Å². The lowest BCUT2D eigenvalue weighted by Gasteiger charge is -2.27. The molecule has 0 saturated heterocycles. The molecule has 0 fully saturated rings. The minimum Gasteiger partial charge on any atom is -0.456 e. The van der Waals surface area contributed by atoms with E-state index in [1.807, 2.05) is 24.3 Å². The molecule has 0 radical (unpaired) electrons. The second-order valence-corrected chi connectivity index (χ2v) is 14.4. The van der Waals surface area contributed by atoms with E-state index in [0.29, 0.717) is 0 Å². The van der Waals surface area contributed by atoms with Crippen LogP contribution in [-0.2, 0) is 0 Å². The SMILES string of the molecule is c1ccc(-c2ccc(N(c3cccc(-c4cccc5c4-c4ccccc4Oc4ccccc4-5)c3)c3ccc4c(c3)-c3ccccc3Oc3ccccc3-4)cc2)cc1. The molecular formula is C54H35NO2. The van der Waals surface area contributed by atoms with E-state index < -0.39 is 0 Å². The zero-order chi connectivity index (χ0) is 37.7. The van der Waals surface area contributed by atoms with Gasteiger partial charge in [0.15, 0.2) is 0 Å². The van der Waals surface area contributed by atoms with Crippen LogP contribution in [0.4, 0.5) is 17.1 Å². The Morgan fingerprint density at radius 1 is 0.246 bits per heavy atom. The van der Waals surface area contributed by atoms with Gasteiger partial charge in [0, 0.05) is 44.9 Å². The Balaban J connectivity index is 1.11. The molecular weight excluding hydrogens is 695 g/mol. The van der Waals surface area contributed by atoms with Gasteiger partial charge in [-0.3, -0.25) is 0 Å². The molecule has 11 rings (SSSR count). The lowest BCUT2D eigenvalue weighted by molar-refractivity contribution is 0.487. The van der Waals surface area contributed by atoms with E-state index in [4.69, 9.17) is 9.47 Å². The number of nitrogens with zero attached hydrogens (tertiary/aromatic N) is 1. The first kappa shape index (κ1) is 32.8. The van der Waals surface area contributed by atoms with Gasteiger partial charge in [-0.15, -0.1) is 0 Å². The fourth-order valence-corrected chi connectivity index (χ4v) is 8.46. The van der Waals surface area contributed by atoms with Crippen LogP contribution >= 0.6 is 0 Å². The quantitative estimate of drug-likeness (QED) is 0.176. The Hall–Kier alpha value is -7.62. The third-order valence-electron chi connectivity index (χ3n) is 11.1. The molecule has 0 spiro atoms.